The molecular formula is C15H32N2O. The highest BCUT2D eigenvalue weighted by atomic mass is 16.5. The van der Waals surface area contributed by atoms with Crippen LogP contribution in [-0.2, 0) is 4.74 Å². The minimum Gasteiger partial charge on any atom is -0.378 e. The molecule has 0 radical (unpaired) electrons. The van der Waals surface area contributed by atoms with Crippen LogP contribution in [0.2, 0.25) is 0 Å². The number of hydrazine groups is 1. The molecule has 1 rings (SSSR count). The van der Waals surface area contributed by atoms with Crippen LogP contribution in [0, 0.1) is 11.3 Å². The lowest BCUT2D eigenvalue weighted by molar-refractivity contribution is 0.0983. The summed E-state index contributed by atoms with van der Waals surface area (Å²) < 4.78 is 5.66. The Balaban J connectivity index is 2.23. The molecule has 0 aromatic rings. The number of hydrogen-bond acceptors (Lipinski definition) is 3. The van der Waals surface area contributed by atoms with Gasteiger partial charge in [-0.1, -0.05) is 27.7 Å². The Labute approximate surface area is 113 Å². The van der Waals surface area contributed by atoms with E-state index in [-0.39, 0.29) is 0 Å². The molecule has 0 amide bonds. The van der Waals surface area contributed by atoms with E-state index >= 15 is 0 Å². The van der Waals surface area contributed by atoms with Gasteiger partial charge in [0.2, 0.25) is 0 Å². The molecule has 0 aromatic heterocycles. The Morgan fingerprint density at radius 3 is 2.61 bits per heavy atom. The molecule has 3 atom stereocenters. The van der Waals surface area contributed by atoms with Crippen molar-refractivity contribution in [2.75, 3.05) is 6.61 Å². The molecule has 0 spiro atoms. The monoisotopic (exact) mass is 256 g/mol. The number of hydrogen-bond donors (Lipinski definition) is 2. The van der Waals surface area contributed by atoms with Crippen LogP contribution in [0.15, 0.2) is 0 Å². The van der Waals surface area contributed by atoms with Crippen LogP contribution >= 0.6 is 0 Å². The van der Waals surface area contributed by atoms with Gasteiger partial charge in [-0.05, 0) is 49.9 Å². The molecule has 0 saturated carbocycles. The SMILES string of the molecule is CC(CC(CCC1CCCO1)NN)CC(C)(C)C. The molecule has 1 aliphatic heterocycles. The highest BCUT2D eigenvalue weighted by molar-refractivity contribution is 4.75. The topological polar surface area (TPSA) is 47.3 Å². The smallest absolute Gasteiger partial charge is 0.0576 e. The van der Waals surface area contributed by atoms with Gasteiger partial charge < -0.3 is 4.74 Å². The second-order valence-electron chi connectivity index (χ2n) is 7.18. The summed E-state index contributed by atoms with van der Waals surface area (Å²) in [5.41, 5.74) is 3.40. The molecule has 0 aromatic carbocycles. The van der Waals surface area contributed by atoms with Gasteiger partial charge in [0.15, 0.2) is 0 Å². The van der Waals surface area contributed by atoms with Gasteiger partial charge in [-0.3, -0.25) is 11.3 Å². The van der Waals surface area contributed by atoms with E-state index in [4.69, 9.17) is 10.6 Å². The molecular weight excluding hydrogens is 224 g/mol. The fourth-order valence-electron chi connectivity index (χ4n) is 3.14. The van der Waals surface area contributed by atoms with Crippen molar-refractivity contribution in [1.29, 1.82) is 0 Å². The maximum Gasteiger partial charge on any atom is 0.0576 e. The highest BCUT2D eigenvalue weighted by Crippen LogP contribution is 2.27. The standard InChI is InChI=1S/C15H32N2O/c1-12(11-15(2,3)4)10-13(17-16)7-8-14-6-5-9-18-14/h12-14,17H,5-11,16H2,1-4H3. The summed E-state index contributed by atoms with van der Waals surface area (Å²) in [7, 11) is 0. The molecule has 108 valence electrons. The predicted octanol–water partition coefficient (Wildman–Crippen LogP) is 3.24. The summed E-state index contributed by atoms with van der Waals surface area (Å²) in [6.07, 6.45) is 7.65. The molecule has 18 heavy (non-hydrogen) atoms. The van der Waals surface area contributed by atoms with Gasteiger partial charge >= 0.3 is 0 Å². The van der Waals surface area contributed by atoms with E-state index in [1.165, 1.54) is 25.7 Å². The number of rotatable bonds is 7. The first kappa shape index (κ1) is 15.9. The first-order chi connectivity index (χ1) is 8.40. The van der Waals surface area contributed by atoms with Crippen LogP contribution in [-0.4, -0.2) is 18.8 Å². The van der Waals surface area contributed by atoms with Gasteiger partial charge in [-0.2, -0.15) is 0 Å². The average molecular weight is 256 g/mol. The molecule has 1 heterocycles. The summed E-state index contributed by atoms with van der Waals surface area (Å²) >= 11 is 0. The van der Waals surface area contributed by atoms with Crippen molar-refractivity contribution in [3.05, 3.63) is 0 Å². The van der Waals surface area contributed by atoms with Crippen LogP contribution in [0.25, 0.3) is 0 Å². The molecule has 1 aliphatic rings. The van der Waals surface area contributed by atoms with Crippen molar-refractivity contribution in [3.63, 3.8) is 0 Å². The lowest BCUT2D eigenvalue weighted by atomic mass is 9.82. The van der Waals surface area contributed by atoms with Crippen molar-refractivity contribution in [3.8, 4) is 0 Å². The van der Waals surface area contributed by atoms with Gasteiger partial charge in [-0.15, -0.1) is 0 Å². The lowest BCUT2D eigenvalue weighted by Gasteiger charge is -2.27. The Morgan fingerprint density at radius 1 is 1.39 bits per heavy atom. The third-order valence-electron chi connectivity index (χ3n) is 3.74. The number of ether oxygens (including phenoxy) is 1. The third-order valence-corrected chi connectivity index (χ3v) is 3.74. The Hall–Kier alpha value is -0.120. The zero-order valence-corrected chi connectivity index (χ0v) is 12.7. The fourth-order valence-corrected chi connectivity index (χ4v) is 3.14. The minimum atomic E-state index is 0.410. The molecule has 3 unspecified atom stereocenters. The Bertz CT molecular complexity index is 219. The second-order valence-corrected chi connectivity index (χ2v) is 7.18. The van der Waals surface area contributed by atoms with Gasteiger partial charge in [0, 0.05) is 12.6 Å². The molecule has 1 fully saturated rings. The number of nitrogens with one attached hydrogen (secondary N) is 1. The van der Waals surface area contributed by atoms with Crippen LogP contribution in [0.1, 0.15) is 66.2 Å². The molecule has 3 nitrogen and oxygen atoms in total. The normalized spacial score (nSPS) is 24.2. The van der Waals surface area contributed by atoms with Crippen molar-refractivity contribution < 1.29 is 4.74 Å². The van der Waals surface area contributed by atoms with E-state index in [9.17, 15) is 0 Å². The van der Waals surface area contributed by atoms with Crippen LogP contribution in [0.3, 0.4) is 0 Å². The zero-order chi connectivity index (χ0) is 13.6. The predicted molar refractivity (Wildman–Crippen MR) is 77.2 cm³/mol. The van der Waals surface area contributed by atoms with E-state index in [1.807, 2.05) is 0 Å². The average Bonchev–Trinajstić information content (AvgIpc) is 2.74. The second kappa shape index (κ2) is 7.46. The van der Waals surface area contributed by atoms with Crippen molar-refractivity contribution in [2.24, 2.45) is 17.2 Å². The van der Waals surface area contributed by atoms with Crippen LogP contribution < -0.4 is 11.3 Å². The van der Waals surface area contributed by atoms with E-state index in [0.29, 0.717) is 17.6 Å². The summed E-state index contributed by atoms with van der Waals surface area (Å²) in [6.45, 7) is 10.2. The Morgan fingerprint density at radius 2 is 2.11 bits per heavy atom. The maximum absolute atomic E-state index is 5.68. The van der Waals surface area contributed by atoms with E-state index in [1.54, 1.807) is 0 Å². The zero-order valence-electron chi connectivity index (χ0n) is 12.7. The largest absolute Gasteiger partial charge is 0.378 e. The van der Waals surface area contributed by atoms with Crippen LogP contribution in [0.5, 0.6) is 0 Å². The Kier molecular flexibility index (Phi) is 6.61. The third kappa shape index (κ3) is 6.72. The van der Waals surface area contributed by atoms with E-state index in [2.05, 4.69) is 33.1 Å². The maximum atomic E-state index is 5.68. The summed E-state index contributed by atoms with van der Waals surface area (Å²) in [4.78, 5) is 0. The van der Waals surface area contributed by atoms with Crippen molar-refractivity contribution >= 4 is 0 Å². The van der Waals surface area contributed by atoms with Gasteiger partial charge in [-0.25, -0.2) is 0 Å². The van der Waals surface area contributed by atoms with Crippen molar-refractivity contribution in [2.45, 2.75) is 78.4 Å². The molecule has 3 N–H and O–H groups in total. The first-order valence-corrected chi connectivity index (χ1v) is 7.48. The first-order valence-electron chi connectivity index (χ1n) is 7.48. The molecule has 0 aliphatic carbocycles. The highest BCUT2D eigenvalue weighted by Gasteiger charge is 2.21. The molecule has 3 heteroatoms. The lowest BCUT2D eigenvalue weighted by Crippen LogP contribution is -2.37. The van der Waals surface area contributed by atoms with Crippen molar-refractivity contribution in [1.82, 2.24) is 5.43 Å². The molecule has 0 bridgehead atoms. The minimum absolute atomic E-state index is 0.410. The fraction of sp³-hybridized carbons (Fsp3) is 1.00. The van der Waals surface area contributed by atoms with E-state index < -0.39 is 0 Å². The van der Waals surface area contributed by atoms with Gasteiger partial charge in [0.05, 0.1) is 6.10 Å². The quantitative estimate of drug-likeness (QED) is 0.543. The summed E-state index contributed by atoms with van der Waals surface area (Å²) in [5, 5.41) is 0. The van der Waals surface area contributed by atoms with Crippen LogP contribution in [0.4, 0.5) is 0 Å². The summed E-state index contributed by atoms with van der Waals surface area (Å²) in [5.74, 6) is 6.40. The number of nitrogens with two attached hydrogens (primary N) is 1. The van der Waals surface area contributed by atoms with Gasteiger partial charge in [0.1, 0.15) is 0 Å². The van der Waals surface area contributed by atoms with E-state index in [0.717, 1.165) is 25.4 Å². The summed E-state index contributed by atoms with van der Waals surface area (Å²) in [6, 6.07) is 0.437. The van der Waals surface area contributed by atoms with Gasteiger partial charge in [0.25, 0.3) is 0 Å². The molecule has 1 saturated heterocycles.